The molecule has 1 aromatic heterocycles. The van der Waals surface area contributed by atoms with Crippen molar-refractivity contribution in [1.29, 1.82) is 0 Å². The Morgan fingerprint density at radius 3 is 2.73 bits per heavy atom. The van der Waals surface area contributed by atoms with Gasteiger partial charge in [0.15, 0.2) is 0 Å². The van der Waals surface area contributed by atoms with Crippen molar-refractivity contribution >= 4 is 55.6 Å². The van der Waals surface area contributed by atoms with Gasteiger partial charge in [-0.3, -0.25) is 9.59 Å². The highest BCUT2D eigenvalue weighted by atomic mass is 79.9. The summed E-state index contributed by atoms with van der Waals surface area (Å²) in [5, 5.41) is 11.2. The predicted molar refractivity (Wildman–Crippen MR) is 63.9 cm³/mol. The van der Waals surface area contributed by atoms with E-state index in [2.05, 4.69) is 37.2 Å². The maximum Gasteiger partial charge on any atom is 0.305 e. The van der Waals surface area contributed by atoms with E-state index in [0.717, 1.165) is 13.1 Å². The highest BCUT2D eigenvalue weighted by molar-refractivity contribution is 9.13. The summed E-state index contributed by atoms with van der Waals surface area (Å²) in [5.41, 5.74) is 0. The average molecular weight is 357 g/mol. The summed E-state index contributed by atoms with van der Waals surface area (Å²) >= 11 is 8.00. The third-order valence-corrected chi connectivity index (χ3v) is 5.03. The van der Waals surface area contributed by atoms with Crippen LogP contribution in [0.3, 0.4) is 0 Å². The van der Waals surface area contributed by atoms with Crippen LogP contribution in [0.1, 0.15) is 17.3 Å². The summed E-state index contributed by atoms with van der Waals surface area (Å²) in [7, 11) is 0. The fourth-order valence-electron chi connectivity index (χ4n) is 1.03. The number of hydrogen-bond acceptors (Lipinski definition) is 3. The fraction of sp³-hybridized carbons (Fsp3) is 0.250. The molecule has 0 unspecified atom stereocenters. The Morgan fingerprint density at radius 1 is 1.67 bits per heavy atom. The lowest BCUT2D eigenvalue weighted by Crippen LogP contribution is -2.21. The molecule has 0 aliphatic carbocycles. The van der Waals surface area contributed by atoms with Crippen molar-refractivity contribution < 1.29 is 14.7 Å². The SMILES string of the molecule is O=CN[C@@H](CC(=O)O)c1cc(Br)c(Br)s1. The molecular weight excluding hydrogens is 350 g/mol. The number of carbonyl (C=O) groups is 2. The third kappa shape index (κ3) is 3.58. The molecule has 0 radical (unpaired) electrons. The highest BCUT2D eigenvalue weighted by Crippen LogP contribution is 2.36. The number of thiophene rings is 1. The Hall–Kier alpha value is -0.400. The molecule has 1 rings (SSSR count). The standard InChI is InChI=1S/C8H7Br2NO3S/c9-4-1-6(15-8(4)10)5(11-3-12)2-7(13)14/h1,3,5H,2H2,(H,11,12)(H,13,14)/t5-/m0/s1. The smallest absolute Gasteiger partial charge is 0.305 e. The summed E-state index contributed by atoms with van der Waals surface area (Å²) in [6.45, 7) is 0. The Labute approximate surface area is 107 Å². The van der Waals surface area contributed by atoms with E-state index >= 15 is 0 Å². The van der Waals surface area contributed by atoms with E-state index < -0.39 is 12.0 Å². The predicted octanol–water partition coefficient (Wildman–Crippen LogP) is 2.53. The normalized spacial score (nSPS) is 12.1. The second-order valence-electron chi connectivity index (χ2n) is 2.71. The molecule has 0 aliphatic heterocycles. The summed E-state index contributed by atoms with van der Waals surface area (Å²) in [5.74, 6) is -0.949. The molecule has 0 aromatic carbocycles. The molecule has 0 saturated carbocycles. The van der Waals surface area contributed by atoms with Gasteiger partial charge in [0, 0.05) is 9.35 Å². The van der Waals surface area contributed by atoms with Crippen molar-refractivity contribution in [3.63, 3.8) is 0 Å². The van der Waals surface area contributed by atoms with Crippen LogP contribution in [0.4, 0.5) is 0 Å². The van der Waals surface area contributed by atoms with Crippen molar-refractivity contribution in [1.82, 2.24) is 5.32 Å². The van der Waals surface area contributed by atoms with E-state index in [1.54, 1.807) is 6.07 Å². The van der Waals surface area contributed by atoms with Crippen LogP contribution in [0.5, 0.6) is 0 Å². The first-order valence-electron chi connectivity index (χ1n) is 3.90. The van der Waals surface area contributed by atoms with Crippen LogP contribution in [0, 0.1) is 0 Å². The van der Waals surface area contributed by atoms with E-state index in [0.29, 0.717) is 6.41 Å². The maximum absolute atomic E-state index is 10.6. The summed E-state index contributed by atoms with van der Waals surface area (Å²) in [4.78, 5) is 21.7. The van der Waals surface area contributed by atoms with Gasteiger partial charge >= 0.3 is 5.97 Å². The van der Waals surface area contributed by atoms with Crippen LogP contribution >= 0.6 is 43.2 Å². The molecule has 2 N–H and O–H groups in total. The molecule has 1 aromatic rings. The van der Waals surface area contributed by atoms with Crippen molar-refractivity contribution in [2.75, 3.05) is 0 Å². The number of amides is 1. The van der Waals surface area contributed by atoms with E-state index in [9.17, 15) is 9.59 Å². The molecule has 0 fully saturated rings. The number of halogens is 2. The minimum atomic E-state index is -0.949. The molecule has 4 nitrogen and oxygen atoms in total. The lowest BCUT2D eigenvalue weighted by molar-refractivity contribution is -0.137. The molecular formula is C8H7Br2NO3S. The second kappa shape index (κ2) is 5.62. The highest BCUT2D eigenvalue weighted by Gasteiger charge is 2.18. The molecule has 15 heavy (non-hydrogen) atoms. The van der Waals surface area contributed by atoms with Crippen molar-refractivity contribution in [2.45, 2.75) is 12.5 Å². The van der Waals surface area contributed by atoms with Crippen LogP contribution < -0.4 is 5.32 Å². The van der Waals surface area contributed by atoms with Crippen LogP contribution in [-0.2, 0) is 9.59 Å². The van der Waals surface area contributed by atoms with Gasteiger partial charge in [0.05, 0.1) is 16.2 Å². The number of rotatable bonds is 5. The molecule has 82 valence electrons. The van der Waals surface area contributed by atoms with Gasteiger partial charge in [-0.25, -0.2) is 0 Å². The number of aliphatic carboxylic acids is 1. The summed E-state index contributed by atoms with van der Waals surface area (Å²) in [6.07, 6.45) is 0.382. The molecule has 7 heteroatoms. The van der Waals surface area contributed by atoms with E-state index in [4.69, 9.17) is 5.11 Å². The van der Waals surface area contributed by atoms with Gasteiger partial charge in [0.1, 0.15) is 0 Å². The zero-order chi connectivity index (χ0) is 11.4. The molecule has 1 atom stereocenters. The van der Waals surface area contributed by atoms with E-state index in [1.807, 2.05) is 0 Å². The fourth-order valence-corrected chi connectivity index (χ4v) is 3.18. The quantitative estimate of drug-likeness (QED) is 0.796. The minimum absolute atomic E-state index is 0.127. The van der Waals surface area contributed by atoms with E-state index in [1.165, 1.54) is 11.3 Å². The van der Waals surface area contributed by atoms with Gasteiger partial charge < -0.3 is 10.4 Å². The minimum Gasteiger partial charge on any atom is -0.481 e. The van der Waals surface area contributed by atoms with Gasteiger partial charge in [0.25, 0.3) is 0 Å². The topological polar surface area (TPSA) is 66.4 Å². The van der Waals surface area contributed by atoms with E-state index in [-0.39, 0.29) is 6.42 Å². The number of carboxylic acids is 1. The molecule has 0 spiro atoms. The first kappa shape index (κ1) is 12.7. The monoisotopic (exact) mass is 355 g/mol. The molecule has 0 aliphatic rings. The molecule has 0 bridgehead atoms. The van der Waals surface area contributed by atoms with Crippen molar-refractivity contribution in [2.24, 2.45) is 0 Å². The Balaban J connectivity index is 2.87. The molecule has 1 amide bonds. The lowest BCUT2D eigenvalue weighted by Gasteiger charge is -2.10. The maximum atomic E-state index is 10.6. The first-order chi connectivity index (χ1) is 7.04. The van der Waals surface area contributed by atoms with Crippen molar-refractivity contribution in [3.8, 4) is 0 Å². The van der Waals surface area contributed by atoms with Gasteiger partial charge in [-0.2, -0.15) is 0 Å². The number of carbonyl (C=O) groups excluding carboxylic acids is 1. The Bertz CT molecular complexity index is 360. The van der Waals surface area contributed by atoms with Crippen LogP contribution in [-0.4, -0.2) is 17.5 Å². The lowest BCUT2D eigenvalue weighted by atomic mass is 10.2. The van der Waals surface area contributed by atoms with Gasteiger partial charge in [-0.05, 0) is 37.9 Å². The third-order valence-electron chi connectivity index (χ3n) is 1.66. The van der Waals surface area contributed by atoms with Crippen LogP contribution in [0.25, 0.3) is 0 Å². The van der Waals surface area contributed by atoms with Gasteiger partial charge in [-0.1, -0.05) is 0 Å². The van der Waals surface area contributed by atoms with Crippen LogP contribution in [0.15, 0.2) is 14.3 Å². The van der Waals surface area contributed by atoms with Crippen molar-refractivity contribution in [3.05, 3.63) is 19.2 Å². The number of nitrogens with one attached hydrogen (secondary N) is 1. The second-order valence-corrected chi connectivity index (χ2v) is 5.96. The van der Waals surface area contributed by atoms with Gasteiger partial charge in [-0.15, -0.1) is 11.3 Å². The average Bonchev–Trinajstić information content (AvgIpc) is 2.46. The molecule has 0 saturated heterocycles. The van der Waals surface area contributed by atoms with Crippen LogP contribution in [0.2, 0.25) is 0 Å². The molecule has 1 heterocycles. The first-order valence-corrected chi connectivity index (χ1v) is 6.31. The summed E-state index contributed by atoms with van der Waals surface area (Å²) in [6, 6.07) is 1.31. The zero-order valence-electron chi connectivity index (χ0n) is 7.37. The number of carboxylic acid groups (broad SMARTS) is 1. The Kier molecular flexibility index (Phi) is 4.75. The largest absolute Gasteiger partial charge is 0.481 e. The zero-order valence-corrected chi connectivity index (χ0v) is 11.4. The number of hydrogen-bond donors (Lipinski definition) is 2. The van der Waals surface area contributed by atoms with Gasteiger partial charge in [0.2, 0.25) is 6.41 Å². The Morgan fingerprint density at radius 2 is 2.33 bits per heavy atom. The summed E-state index contributed by atoms with van der Waals surface area (Å²) < 4.78 is 1.73.